The number of benzene rings is 1. The van der Waals surface area contributed by atoms with E-state index < -0.39 is 0 Å². The third kappa shape index (κ3) is 3.76. The molecule has 2 N–H and O–H groups in total. The van der Waals surface area contributed by atoms with Crippen molar-refractivity contribution in [1.29, 1.82) is 0 Å². The third-order valence-corrected chi connectivity index (χ3v) is 2.10. The fourth-order valence-electron chi connectivity index (χ4n) is 1.38. The Morgan fingerprint density at radius 1 is 1.33 bits per heavy atom. The molecule has 0 aliphatic carbocycles. The number of ether oxygens (including phenoxy) is 1. The SMILES string of the molecule is C=CC[C@@H](N)c1ccc(OC(C)C)cc1. The fraction of sp³-hybridized carbons (Fsp3) is 0.385. The zero-order valence-corrected chi connectivity index (χ0v) is 9.44. The molecule has 0 saturated heterocycles. The maximum Gasteiger partial charge on any atom is 0.119 e. The van der Waals surface area contributed by atoms with E-state index in [1.807, 2.05) is 44.2 Å². The molecule has 2 heteroatoms. The minimum Gasteiger partial charge on any atom is -0.491 e. The van der Waals surface area contributed by atoms with E-state index in [9.17, 15) is 0 Å². The monoisotopic (exact) mass is 205 g/mol. The van der Waals surface area contributed by atoms with Gasteiger partial charge in [0.15, 0.2) is 0 Å². The van der Waals surface area contributed by atoms with Gasteiger partial charge in [-0.15, -0.1) is 6.58 Å². The van der Waals surface area contributed by atoms with Gasteiger partial charge in [0.25, 0.3) is 0 Å². The van der Waals surface area contributed by atoms with Crippen LogP contribution in [0.1, 0.15) is 31.9 Å². The van der Waals surface area contributed by atoms with Gasteiger partial charge in [-0.25, -0.2) is 0 Å². The lowest BCUT2D eigenvalue weighted by molar-refractivity contribution is 0.242. The quantitative estimate of drug-likeness (QED) is 0.750. The van der Waals surface area contributed by atoms with Gasteiger partial charge < -0.3 is 10.5 Å². The van der Waals surface area contributed by atoms with Crippen LogP contribution in [0.5, 0.6) is 5.75 Å². The van der Waals surface area contributed by atoms with Crippen molar-refractivity contribution in [2.45, 2.75) is 32.4 Å². The highest BCUT2D eigenvalue weighted by molar-refractivity contribution is 5.29. The fourth-order valence-corrected chi connectivity index (χ4v) is 1.38. The maximum atomic E-state index is 5.94. The van der Waals surface area contributed by atoms with Gasteiger partial charge >= 0.3 is 0 Å². The van der Waals surface area contributed by atoms with Crippen molar-refractivity contribution in [3.05, 3.63) is 42.5 Å². The summed E-state index contributed by atoms with van der Waals surface area (Å²) >= 11 is 0. The molecule has 0 aromatic heterocycles. The summed E-state index contributed by atoms with van der Waals surface area (Å²) < 4.78 is 5.55. The summed E-state index contributed by atoms with van der Waals surface area (Å²) in [7, 11) is 0. The van der Waals surface area contributed by atoms with Crippen LogP contribution in [0.3, 0.4) is 0 Å². The lowest BCUT2D eigenvalue weighted by Gasteiger charge is -2.12. The van der Waals surface area contributed by atoms with Crippen molar-refractivity contribution < 1.29 is 4.74 Å². The van der Waals surface area contributed by atoms with Crippen LogP contribution in [0.2, 0.25) is 0 Å². The average Bonchev–Trinajstić information content (AvgIpc) is 2.18. The van der Waals surface area contributed by atoms with E-state index in [1.165, 1.54) is 0 Å². The molecular weight excluding hydrogens is 186 g/mol. The summed E-state index contributed by atoms with van der Waals surface area (Å²) in [4.78, 5) is 0. The Labute approximate surface area is 91.7 Å². The van der Waals surface area contributed by atoms with Gasteiger partial charge in [0.1, 0.15) is 5.75 Å². The highest BCUT2D eigenvalue weighted by atomic mass is 16.5. The van der Waals surface area contributed by atoms with Gasteiger partial charge in [0.05, 0.1) is 6.10 Å². The van der Waals surface area contributed by atoms with Crippen LogP contribution >= 0.6 is 0 Å². The molecule has 2 nitrogen and oxygen atoms in total. The van der Waals surface area contributed by atoms with Crippen LogP contribution in [-0.2, 0) is 0 Å². The molecule has 0 unspecified atom stereocenters. The molecule has 0 heterocycles. The largest absolute Gasteiger partial charge is 0.491 e. The van der Waals surface area contributed by atoms with Crippen molar-refractivity contribution >= 4 is 0 Å². The molecule has 0 aliphatic heterocycles. The second kappa shape index (κ2) is 5.56. The highest BCUT2D eigenvalue weighted by Crippen LogP contribution is 2.19. The van der Waals surface area contributed by atoms with Crippen LogP contribution < -0.4 is 10.5 Å². The Morgan fingerprint density at radius 2 is 1.93 bits per heavy atom. The molecule has 0 saturated carbocycles. The summed E-state index contributed by atoms with van der Waals surface area (Å²) in [5.41, 5.74) is 7.06. The number of rotatable bonds is 5. The van der Waals surface area contributed by atoms with E-state index in [2.05, 4.69) is 6.58 Å². The van der Waals surface area contributed by atoms with Gasteiger partial charge in [0, 0.05) is 6.04 Å². The Kier molecular flexibility index (Phi) is 4.37. The van der Waals surface area contributed by atoms with Gasteiger partial charge in [0.2, 0.25) is 0 Å². The van der Waals surface area contributed by atoms with E-state index in [4.69, 9.17) is 10.5 Å². The van der Waals surface area contributed by atoms with Crippen molar-refractivity contribution in [3.63, 3.8) is 0 Å². The van der Waals surface area contributed by atoms with Crippen molar-refractivity contribution in [2.24, 2.45) is 5.73 Å². The summed E-state index contributed by atoms with van der Waals surface area (Å²) in [5, 5.41) is 0. The molecule has 1 rings (SSSR count). The summed E-state index contributed by atoms with van der Waals surface area (Å²) in [6.07, 6.45) is 2.84. The van der Waals surface area contributed by atoms with Crippen molar-refractivity contribution in [1.82, 2.24) is 0 Å². The lowest BCUT2D eigenvalue weighted by Crippen LogP contribution is -2.09. The molecule has 1 aromatic carbocycles. The van der Waals surface area contributed by atoms with E-state index in [1.54, 1.807) is 0 Å². The molecule has 15 heavy (non-hydrogen) atoms. The molecule has 82 valence electrons. The van der Waals surface area contributed by atoms with E-state index in [0.717, 1.165) is 17.7 Å². The molecule has 0 amide bonds. The van der Waals surface area contributed by atoms with Crippen molar-refractivity contribution in [2.75, 3.05) is 0 Å². The van der Waals surface area contributed by atoms with E-state index in [-0.39, 0.29) is 12.1 Å². The van der Waals surface area contributed by atoms with Crippen LogP contribution in [-0.4, -0.2) is 6.10 Å². The predicted octanol–water partition coefficient (Wildman–Crippen LogP) is 3.05. The van der Waals surface area contributed by atoms with Gasteiger partial charge in [-0.2, -0.15) is 0 Å². The predicted molar refractivity (Wildman–Crippen MR) is 63.9 cm³/mol. The smallest absolute Gasteiger partial charge is 0.119 e. The molecule has 1 atom stereocenters. The van der Waals surface area contributed by atoms with Crippen molar-refractivity contribution in [3.8, 4) is 5.75 Å². The number of nitrogens with two attached hydrogens (primary N) is 1. The van der Waals surface area contributed by atoms with Gasteiger partial charge in [-0.3, -0.25) is 0 Å². The zero-order chi connectivity index (χ0) is 11.3. The molecule has 1 aromatic rings. The first-order chi connectivity index (χ1) is 7.13. The summed E-state index contributed by atoms with van der Waals surface area (Å²) in [6, 6.07) is 7.96. The normalized spacial score (nSPS) is 12.5. The minimum atomic E-state index is 0.0376. The molecule has 0 fully saturated rings. The molecule has 0 aliphatic rings. The first-order valence-electron chi connectivity index (χ1n) is 5.26. The second-order valence-corrected chi connectivity index (χ2v) is 3.87. The molecular formula is C13H19NO. The first kappa shape index (κ1) is 11.8. The molecule has 0 radical (unpaired) electrons. The number of hydrogen-bond donors (Lipinski definition) is 1. The lowest BCUT2D eigenvalue weighted by atomic mass is 10.0. The molecule has 0 bridgehead atoms. The summed E-state index contributed by atoms with van der Waals surface area (Å²) in [5.74, 6) is 0.888. The number of hydrogen-bond acceptors (Lipinski definition) is 2. The van der Waals surface area contributed by atoms with Gasteiger partial charge in [-0.1, -0.05) is 18.2 Å². The topological polar surface area (TPSA) is 35.2 Å². The Hall–Kier alpha value is -1.28. The zero-order valence-electron chi connectivity index (χ0n) is 9.44. The average molecular weight is 205 g/mol. The van der Waals surface area contributed by atoms with Crippen LogP contribution in [0, 0.1) is 0 Å². The van der Waals surface area contributed by atoms with Crippen LogP contribution in [0.4, 0.5) is 0 Å². The van der Waals surface area contributed by atoms with Gasteiger partial charge in [-0.05, 0) is 38.0 Å². The Morgan fingerprint density at radius 3 is 2.40 bits per heavy atom. The third-order valence-electron chi connectivity index (χ3n) is 2.10. The summed E-state index contributed by atoms with van der Waals surface area (Å²) in [6.45, 7) is 7.70. The maximum absolute atomic E-state index is 5.94. The Balaban J connectivity index is 2.67. The van der Waals surface area contributed by atoms with E-state index >= 15 is 0 Å². The van der Waals surface area contributed by atoms with Crippen LogP contribution in [0.15, 0.2) is 36.9 Å². The Bertz CT molecular complexity index is 303. The van der Waals surface area contributed by atoms with Crippen LogP contribution in [0.25, 0.3) is 0 Å². The molecule has 0 spiro atoms. The first-order valence-corrected chi connectivity index (χ1v) is 5.26. The highest BCUT2D eigenvalue weighted by Gasteiger charge is 2.04. The minimum absolute atomic E-state index is 0.0376. The second-order valence-electron chi connectivity index (χ2n) is 3.87. The van der Waals surface area contributed by atoms with E-state index in [0.29, 0.717) is 0 Å². The standard InChI is InChI=1S/C13H19NO/c1-4-5-13(14)11-6-8-12(9-7-11)15-10(2)3/h4,6-10,13H,1,5,14H2,2-3H3/t13-/m1/s1.